The molecule has 308 valence electrons. The molecule has 0 aromatic carbocycles. The van der Waals surface area contributed by atoms with E-state index in [-0.39, 0.29) is 32.1 Å². The predicted octanol–water partition coefficient (Wildman–Crippen LogP) is 11.8. The van der Waals surface area contributed by atoms with Crippen LogP contribution in [-0.4, -0.2) is 54.3 Å². The summed E-state index contributed by atoms with van der Waals surface area (Å²) in [5.41, 5.74) is 0. The summed E-state index contributed by atoms with van der Waals surface area (Å²) in [5.74, 6) is -0.514. The molecule has 10 heteroatoms. The summed E-state index contributed by atoms with van der Waals surface area (Å²) >= 11 is 0. The molecule has 52 heavy (non-hydrogen) atoms. The number of phosphoric ester groups is 1. The number of allylic oxidation sites excluding steroid dienone is 2. The fraction of sp³-hybridized carbons (Fsp3) is 0.905. The molecule has 1 amide bonds. The predicted molar refractivity (Wildman–Crippen MR) is 215 cm³/mol. The first-order valence-electron chi connectivity index (χ1n) is 21.7. The van der Waals surface area contributed by atoms with Gasteiger partial charge in [-0.25, -0.2) is 4.57 Å². The van der Waals surface area contributed by atoms with Gasteiger partial charge in [0.1, 0.15) is 12.7 Å². The van der Waals surface area contributed by atoms with Gasteiger partial charge in [0.15, 0.2) is 0 Å². The molecule has 0 aliphatic rings. The molecule has 0 rings (SSSR count). The van der Waals surface area contributed by atoms with Crippen LogP contribution in [0.1, 0.15) is 213 Å². The normalized spacial score (nSPS) is 13.4. The Kier molecular flexibility index (Phi) is 38.5. The van der Waals surface area contributed by atoms with E-state index in [0.29, 0.717) is 6.42 Å². The monoisotopic (exact) mass is 760 g/mol. The Balaban J connectivity index is 3.51. The standard InChI is InChI=1S/C42H82NO8P/c1-3-5-7-9-11-13-14-15-16-17-18-19-20-21-22-23-24-25-26-27-28-30-32-34-41(45)43-36-37-50-52(47,48)51-39-40(44)38-49-42(46)35-33-31-29-12-10-8-6-4-2/h15-16,40,44H,3-14,17-39H2,1-2H3,(H,43,45)(H,47,48)/b16-15+. The van der Waals surface area contributed by atoms with Gasteiger partial charge >= 0.3 is 13.8 Å². The Morgan fingerprint density at radius 1 is 0.577 bits per heavy atom. The molecule has 0 aromatic rings. The van der Waals surface area contributed by atoms with Crippen molar-refractivity contribution in [2.45, 2.75) is 219 Å². The van der Waals surface area contributed by atoms with E-state index in [2.05, 4.69) is 31.3 Å². The number of carbonyl (C=O) groups excluding carboxylic acids is 2. The van der Waals surface area contributed by atoms with Gasteiger partial charge in [-0.05, 0) is 38.5 Å². The number of hydrogen-bond donors (Lipinski definition) is 3. The second-order valence-corrected chi connectivity index (χ2v) is 16.1. The van der Waals surface area contributed by atoms with Crippen molar-refractivity contribution in [1.29, 1.82) is 0 Å². The molecule has 0 aliphatic heterocycles. The van der Waals surface area contributed by atoms with Gasteiger partial charge in [-0.3, -0.25) is 18.6 Å². The summed E-state index contributed by atoms with van der Waals surface area (Å²) in [6.07, 6.45) is 40.2. The fourth-order valence-corrected chi connectivity index (χ4v) is 6.90. The van der Waals surface area contributed by atoms with Crippen LogP contribution in [0.3, 0.4) is 0 Å². The molecule has 0 aliphatic carbocycles. The molecule has 0 saturated carbocycles. The minimum Gasteiger partial charge on any atom is -0.463 e. The number of esters is 1. The zero-order valence-electron chi connectivity index (χ0n) is 33.8. The smallest absolute Gasteiger partial charge is 0.463 e. The van der Waals surface area contributed by atoms with Gasteiger partial charge in [0.25, 0.3) is 0 Å². The number of phosphoric acid groups is 1. The van der Waals surface area contributed by atoms with Crippen LogP contribution in [0, 0.1) is 0 Å². The summed E-state index contributed by atoms with van der Waals surface area (Å²) in [5, 5.41) is 12.6. The number of amides is 1. The summed E-state index contributed by atoms with van der Waals surface area (Å²) in [7, 11) is -4.40. The van der Waals surface area contributed by atoms with E-state index in [0.717, 1.165) is 38.5 Å². The van der Waals surface area contributed by atoms with Gasteiger partial charge in [0.05, 0.1) is 13.2 Å². The van der Waals surface area contributed by atoms with Crippen LogP contribution in [0.4, 0.5) is 0 Å². The molecule has 0 saturated heterocycles. The summed E-state index contributed by atoms with van der Waals surface area (Å²) < 4.78 is 26.7. The Labute approximate surface area is 319 Å². The largest absolute Gasteiger partial charge is 0.472 e. The van der Waals surface area contributed by atoms with E-state index >= 15 is 0 Å². The highest BCUT2D eigenvalue weighted by molar-refractivity contribution is 7.47. The van der Waals surface area contributed by atoms with Crippen molar-refractivity contribution in [2.75, 3.05) is 26.4 Å². The van der Waals surface area contributed by atoms with Gasteiger partial charge in [-0.1, -0.05) is 174 Å². The minimum absolute atomic E-state index is 0.0857. The Bertz CT molecular complexity index is 871. The van der Waals surface area contributed by atoms with Crippen molar-refractivity contribution < 1.29 is 37.9 Å². The van der Waals surface area contributed by atoms with E-state index in [1.807, 2.05) is 0 Å². The Morgan fingerprint density at radius 2 is 0.981 bits per heavy atom. The van der Waals surface area contributed by atoms with Crippen LogP contribution in [0.25, 0.3) is 0 Å². The lowest BCUT2D eigenvalue weighted by atomic mass is 10.0. The number of aliphatic hydroxyl groups is 1. The molecule has 0 bridgehead atoms. The number of nitrogens with one attached hydrogen (secondary N) is 1. The van der Waals surface area contributed by atoms with Gasteiger partial charge < -0.3 is 20.1 Å². The van der Waals surface area contributed by atoms with E-state index in [1.165, 1.54) is 148 Å². The van der Waals surface area contributed by atoms with Crippen LogP contribution in [0.2, 0.25) is 0 Å². The number of unbranched alkanes of at least 4 members (excludes halogenated alkanes) is 26. The second-order valence-electron chi connectivity index (χ2n) is 14.7. The van der Waals surface area contributed by atoms with Gasteiger partial charge in [0.2, 0.25) is 5.91 Å². The highest BCUT2D eigenvalue weighted by atomic mass is 31.2. The maximum atomic E-state index is 12.1. The van der Waals surface area contributed by atoms with Crippen molar-refractivity contribution in [3.63, 3.8) is 0 Å². The molecule has 0 heterocycles. The third-order valence-corrected chi connectivity index (χ3v) is 10.4. The van der Waals surface area contributed by atoms with Gasteiger partial charge in [0, 0.05) is 19.4 Å². The molecule has 2 unspecified atom stereocenters. The molecular formula is C42H82NO8P. The molecule has 9 nitrogen and oxygen atoms in total. The van der Waals surface area contributed by atoms with E-state index in [9.17, 15) is 24.2 Å². The van der Waals surface area contributed by atoms with E-state index in [1.54, 1.807) is 0 Å². The van der Waals surface area contributed by atoms with Crippen molar-refractivity contribution >= 4 is 19.7 Å². The highest BCUT2D eigenvalue weighted by Crippen LogP contribution is 2.42. The summed E-state index contributed by atoms with van der Waals surface area (Å²) in [6, 6.07) is 0. The van der Waals surface area contributed by atoms with Crippen molar-refractivity contribution in [2.24, 2.45) is 0 Å². The number of ether oxygens (including phenoxy) is 1. The van der Waals surface area contributed by atoms with Crippen LogP contribution in [0.5, 0.6) is 0 Å². The van der Waals surface area contributed by atoms with E-state index in [4.69, 9.17) is 13.8 Å². The summed E-state index contributed by atoms with van der Waals surface area (Å²) in [4.78, 5) is 33.7. The van der Waals surface area contributed by atoms with Gasteiger partial charge in [-0.2, -0.15) is 0 Å². The molecule has 3 N–H and O–H groups in total. The summed E-state index contributed by atoms with van der Waals surface area (Å²) in [6.45, 7) is 3.53. The average molecular weight is 760 g/mol. The van der Waals surface area contributed by atoms with E-state index < -0.39 is 26.5 Å². The average Bonchev–Trinajstić information content (AvgIpc) is 3.13. The molecule has 2 atom stereocenters. The zero-order chi connectivity index (χ0) is 38.2. The third kappa shape index (κ3) is 39.9. The fourth-order valence-electron chi connectivity index (χ4n) is 6.14. The maximum Gasteiger partial charge on any atom is 0.472 e. The maximum absolute atomic E-state index is 12.1. The lowest BCUT2D eigenvalue weighted by molar-refractivity contribution is -0.147. The molecule has 0 radical (unpaired) electrons. The van der Waals surface area contributed by atoms with Crippen LogP contribution in [-0.2, 0) is 27.9 Å². The first-order valence-corrected chi connectivity index (χ1v) is 23.2. The van der Waals surface area contributed by atoms with Crippen molar-refractivity contribution in [1.82, 2.24) is 5.32 Å². The molecule has 0 fully saturated rings. The zero-order valence-corrected chi connectivity index (χ0v) is 34.7. The molecule has 0 spiro atoms. The van der Waals surface area contributed by atoms with Crippen molar-refractivity contribution in [3.05, 3.63) is 12.2 Å². The molecule has 0 aromatic heterocycles. The minimum atomic E-state index is -4.40. The second kappa shape index (κ2) is 39.4. The topological polar surface area (TPSA) is 131 Å². The quantitative estimate of drug-likeness (QED) is 0.0243. The number of hydrogen-bond acceptors (Lipinski definition) is 7. The lowest BCUT2D eigenvalue weighted by Gasteiger charge is -2.15. The molecular weight excluding hydrogens is 677 g/mol. The third-order valence-electron chi connectivity index (χ3n) is 9.45. The number of aliphatic hydroxyl groups excluding tert-OH is 1. The lowest BCUT2D eigenvalue weighted by Crippen LogP contribution is -2.27. The van der Waals surface area contributed by atoms with Crippen LogP contribution < -0.4 is 5.32 Å². The SMILES string of the molecule is CCCCCCCC/C=C/CCCCCCCCCCCCCCCC(=O)NCCOP(=O)(O)OCC(O)COC(=O)CCCCCCCCCC. The number of rotatable bonds is 41. The van der Waals surface area contributed by atoms with Crippen molar-refractivity contribution in [3.8, 4) is 0 Å². The highest BCUT2D eigenvalue weighted by Gasteiger charge is 2.23. The van der Waals surface area contributed by atoms with Gasteiger partial charge in [-0.15, -0.1) is 0 Å². The van der Waals surface area contributed by atoms with Crippen LogP contribution in [0.15, 0.2) is 12.2 Å². The first-order chi connectivity index (χ1) is 25.3. The number of carbonyl (C=O) groups is 2. The Morgan fingerprint density at radius 3 is 1.44 bits per heavy atom. The van der Waals surface area contributed by atoms with Crippen LogP contribution >= 0.6 is 7.82 Å². The Hall–Kier alpha value is -1.25. The first kappa shape index (κ1) is 50.8.